The SMILES string of the molecule is Cc1c(F)ccc2cccc(N3CCc4c(nc(OCC5(CN6CCOCC6)CC5)nc4N4CCN(C)CC4)C3)c12. The summed E-state index contributed by atoms with van der Waals surface area (Å²) in [4.78, 5) is 19.7. The topological polar surface area (TPSA) is 57.2 Å². The second kappa shape index (κ2) is 11.0. The summed E-state index contributed by atoms with van der Waals surface area (Å²) < 4.78 is 26.6. The Labute approximate surface area is 242 Å². The Balaban J connectivity index is 1.17. The van der Waals surface area contributed by atoms with Gasteiger partial charge in [0.25, 0.3) is 0 Å². The molecule has 0 bridgehead atoms. The number of halogens is 1. The second-order valence-corrected chi connectivity index (χ2v) is 12.4. The predicted octanol–water partition coefficient (Wildman–Crippen LogP) is 3.88. The molecule has 218 valence electrons. The molecule has 3 fully saturated rings. The van der Waals surface area contributed by atoms with E-state index < -0.39 is 0 Å². The smallest absolute Gasteiger partial charge is 0.318 e. The van der Waals surface area contributed by atoms with Crippen molar-refractivity contribution in [1.29, 1.82) is 0 Å². The first kappa shape index (κ1) is 26.9. The molecule has 41 heavy (non-hydrogen) atoms. The molecule has 3 aliphatic heterocycles. The quantitative estimate of drug-likeness (QED) is 0.432. The number of fused-ring (bicyclic) bond motifs is 2. The van der Waals surface area contributed by atoms with Gasteiger partial charge >= 0.3 is 6.01 Å². The molecule has 8 nitrogen and oxygen atoms in total. The van der Waals surface area contributed by atoms with Gasteiger partial charge < -0.3 is 24.2 Å². The number of morpholine rings is 1. The molecule has 4 heterocycles. The fraction of sp³-hybridized carbons (Fsp3) is 0.562. The van der Waals surface area contributed by atoms with Gasteiger partial charge in [0.15, 0.2) is 0 Å². The zero-order valence-electron chi connectivity index (χ0n) is 24.4. The van der Waals surface area contributed by atoms with Gasteiger partial charge in [-0.3, -0.25) is 4.90 Å². The maximum atomic E-state index is 14.6. The lowest BCUT2D eigenvalue weighted by atomic mass is 9.99. The van der Waals surface area contributed by atoms with Crippen LogP contribution in [0.1, 0.15) is 29.7 Å². The summed E-state index contributed by atoms with van der Waals surface area (Å²) in [7, 11) is 2.18. The average Bonchev–Trinajstić information content (AvgIpc) is 3.77. The van der Waals surface area contributed by atoms with Crippen molar-refractivity contribution in [1.82, 2.24) is 19.8 Å². The van der Waals surface area contributed by atoms with Crippen molar-refractivity contribution in [3.63, 3.8) is 0 Å². The van der Waals surface area contributed by atoms with E-state index >= 15 is 0 Å². The normalized spacial score (nSPS) is 21.2. The highest BCUT2D eigenvalue weighted by Crippen LogP contribution is 2.46. The van der Waals surface area contributed by atoms with Crippen LogP contribution < -0.4 is 14.5 Å². The van der Waals surface area contributed by atoms with E-state index in [1.54, 1.807) is 6.07 Å². The van der Waals surface area contributed by atoms with Gasteiger partial charge in [0, 0.05) is 74.4 Å². The number of ether oxygens (including phenoxy) is 2. The van der Waals surface area contributed by atoms with Crippen molar-refractivity contribution in [2.24, 2.45) is 5.41 Å². The van der Waals surface area contributed by atoms with Crippen molar-refractivity contribution >= 4 is 22.3 Å². The molecule has 1 aromatic heterocycles. The third-order valence-corrected chi connectivity index (χ3v) is 9.51. The van der Waals surface area contributed by atoms with Crippen LogP contribution in [0, 0.1) is 18.2 Å². The molecule has 0 spiro atoms. The minimum absolute atomic E-state index is 0.163. The predicted molar refractivity (Wildman–Crippen MR) is 160 cm³/mol. The summed E-state index contributed by atoms with van der Waals surface area (Å²) in [5.74, 6) is 0.875. The average molecular weight is 561 g/mol. The van der Waals surface area contributed by atoms with E-state index in [1.165, 1.54) is 18.4 Å². The number of nitrogens with zero attached hydrogens (tertiary/aromatic N) is 6. The number of benzene rings is 2. The number of rotatable bonds is 7. The minimum atomic E-state index is -0.163. The van der Waals surface area contributed by atoms with Gasteiger partial charge in [-0.25, -0.2) is 4.39 Å². The van der Waals surface area contributed by atoms with Gasteiger partial charge in [-0.05, 0) is 56.3 Å². The molecule has 1 aliphatic carbocycles. The van der Waals surface area contributed by atoms with E-state index in [0.717, 1.165) is 100.0 Å². The largest absolute Gasteiger partial charge is 0.463 e. The van der Waals surface area contributed by atoms with Gasteiger partial charge in [0.05, 0.1) is 32.1 Å². The second-order valence-electron chi connectivity index (χ2n) is 12.4. The van der Waals surface area contributed by atoms with E-state index in [9.17, 15) is 4.39 Å². The van der Waals surface area contributed by atoms with E-state index in [-0.39, 0.29) is 11.2 Å². The Morgan fingerprint density at radius 1 is 0.951 bits per heavy atom. The molecule has 0 amide bonds. The first-order valence-electron chi connectivity index (χ1n) is 15.2. The number of hydrogen-bond donors (Lipinski definition) is 0. The van der Waals surface area contributed by atoms with Crippen molar-refractivity contribution in [2.45, 2.75) is 32.7 Å². The molecular weight excluding hydrogens is 519 g/mol. The van der Waals surface area contributed by atoms with Gasteiger partial charge in [0.1, 0.15) is 11.6 Å². The molecule has 9 heteroatoms. The Morgan fingerprint density at radius 2 is 1.76 bits per heavy atom. The molecule has 2 saturated heterocycles. The molecule has 4 aliphatic rings. The van der Waals surface area contributed by atoms with E-state index in [4.69, 9.17) is 19.4 Å². The van der Waals surface area contributed by atoms with Crippen LogP contribution in [0.2, 0.25) is 0 Å². The molecule has 0 atom stereocenters. The van der Waals surface area contributed by atoms with Crippen molar-refractivity contribution in [3.05, 3.63) is 53.0 Å². The van der Waals surface area contributed by atoms with Gasteiger partial charge in [0.2, 0.25) is 0 Å². The van der Waals surface area contributed by atoms with Crippen molar-refractivity contribution < 1.29 is 13.9 Å². The first-order valence-corrected chi connectivity index (χ1v) is 15.2. The summed E-state index contributed by atoms with van der Waals surface area (Å²) in [6.07, 6.45) is 3.22. The third-order valence-electron chi connectivity index (χ3n) is 9.51. The highest BCUT2D eigenvalue weighted by atomic mass is 19.1. The Bertz CT molecular complexity index is 1420. The summed E-state index contributed by atoms with van der Waals surface area (Å²) in [6.45, 7) is 12.6. The Kier molecular flexibility index (Phi) is 7.21. The van der Waals surface area contributed by atoms with Crippen LogP contribution in [0.4, 0.5) is 15.9 Å². The molecule has 0 N–H and O–H groups in total. The van der Waals surface area contributed by atoms with Crippen LogP contribution in [0.25, 0.3) is 10.8 Å². The van der Waals surface area contributed by atoms with E-state index in [2.05, 4.69) is 44.8 Å². The maximum Gasteiger partial charge on any atom is 0.318 e. The molecular formula is C32H41FN6O2. The molecule has 3 aromatic rings. The number of piperazine rings is 1. The van der Waals surface area contributed by atoms with Crippen molar-refractivity contribution in [3.8, 4) is 6.01 Å². The van der Waals surface area contributed by atoms with Gasteiger partial charge in [-0.1, -0.05) is 18.2 Å². The Hall–Kier alpha value is -3.01. The highest BCUT2D eigenvalue weighted by molar-refractivity contribution is 5.97. The van der Waals surface area contributed by atoms with Crippen LogP contribution in [-0.2, 0) is 17.7 Å². The summed E-state index contributed by atoms with van der Waals surface area (Å²) in [5.41, 5.74) is 4.22. The van der Waals surface area contributed by atoms with Crippen LogP contribution in [0.15, 0.2) is 30.3 Å². The number of aryl methyl sites for hydroxylation is 1. The third kappa shape index (κ3) is 5.47. The van der Waals surface area contributed by atoms with Crippen molar-refractivity contribution in [2.75, 3.05) is 89.0 Å². The number of anilines is 2. The molecule has 2 aromatic carbocycles. The van der Waals surface area contributed by atoms with Gasteiger partial charge in [-0.2, -0.15) is 9.97 Å². The van der Waals surface area contributed by atoms with Crippen LogP contribution in [0.5, 0.6) is 6.01 Å². The summed E-state index contributed by atoms with van der Waals surface area (Å²) in [5, 5.41) is 2.05. The fourth-order valence-corrected chi connectivity index (χ4v) is 6.69. The Morgan fingerprint density at radius 3 is 2.54 bits per heavy atom. The zero-order chi connectivity index (χ0) is 28.0. The summed E-state index contributed by atoms with van der Waals surface area (Å²) in [6, 6.07) is 10.2. The number of likely N-dealkylation sites (N-methyl/N-ethyl adjacent to an activating group) is 1. The molecule has 1 saturated carbocycles. The van der Waals surface area contributed by atoms with Crippen LogP contribution in [-0.4, -0.2) is 99.0 Å². The van der Waals surface area contributed by atoms with Crippen LogP contribution >= 0.6 is 0 Å². The first-order chi connectivity index (χ1) is 20.0. The van der Waals surface area contributed by atoms with Crippen LogP contribution in [0.3, 0.4) is 0 Å². The maximum absolute atomic E-state index is 14.6. The van der Waals surface area contributed by atoms with E-state index in [0.29, 0.717) is 24.7 Å². The number of hydrogen-bond acceptors (Lipinski definition) is 8. The van der Waals surface area contributed by atoms with Gasteiger partial charge in [-0.15, -0.1) is 0 Å². The molecule has 0 unspecified atom stereocenters. The number of aromatic nitrogens is 2. The van der Waals surface area contributed by atoms with E-state index in [1.807, 2.05) is 13.0 Å². The minimum Gasteiger partial charge on any atom is -0.463 e. The summed E-state index contributed by atoms with van der Waals surface area (Å²) >= 11 is 0. The lowest BCUT2D eigenvalue weighted by Crippen LogP contribution is -2.46. The fourth-order valence-electron chi connectivity index (χ4n) is 6.69. The zero-order valence-corrected chi connectivity index (χ0v) is 24.4. The highest BCUT2D eigenvalue weighted by Gasteiger charge is 2.45. The lowest BCUT2D eigenvalue weighted by Gasteiger charge is -2.37. The molecule has 7 rings (SSSR count). The molecule has 0 radical (unpaired) electrons. The standard InChI is InChI=1S/C32H41FN6O2/c1-23-26(33)7-6-24-4-3-5-28(29(23)24)39-11-8-25-27(20-39)34-31(35-30(25)38-14-12-36(2)13-15-38)41-22-32(9-10-32)21-37-16-18-40-19-17-37/h3-7H,8-22H2,1-2H3. The lowest BCUT2D eigenvalue weighted by molar-refractivity contribution is 0.0231. The monoisotopic (exact) mass is 560 g/mol.